The van der Waals surface area contributed by atoms with Crippen molar-refractivity contribution in [3.8, 4) is 0 Å². The predicted molar refractivity (Wildman–Crippen MR) is 68.2 cm³/mol. The van der Waals surface area contributed by atoms with Crippen molar-refractivity contribution in [1.82, 2.24) is 0 Å². The Kier molecular flexibility index (Phi) is 2.34. The molecule has 0 amide bonds. The molecule has 18 heavy (non-hydrogen) atoms. The van der Waals surface area contributed by atoms with E-state index in [0.717, 1.165) is 5.56 Å². The second-order valence-corrected chi connectivity index (χ2v) is 6.04. The van der Waals surface area contributed by atoms with E-state index < -0.39 is 0 Å². The van der Waals surface area contributed by atoms with Crippen LogP contribution in [0.4, 0.5) is 0 Å². The van der Waals surface area contributed by atoms with Crippen LogP contribution in [-0.4, -0.2) is 5.78 Å². The number of benzene rings is 1. The lowest BCUT2D eigenvalue weighted by Gasteiger charge is -2.14. The third kappa shape index (κ3) is 1.79. The van der Waals surface area contributed by atoms with Crippen LogP contribution in [-0.2, 0) is 18.0 Å². The fraction of sp³-hybridized carbons (Fsp3) is 0.562. The van der Waals surface area contributed by atoms with Gasteiger partial charge in [0.25, 0.3) is 0 Å². The molecule has 0 atom stereocenters. The van der Waals surface area contributed by atoms with Crippen LogP contribution >= 0.6 is 0 Å². The van der Waals surface area contributed by atoms with Gasteiger partial charge in [-0.15, -0.1) is 0 Å². The van der Waals surface area contributed by atoms with E-state index in [1.54, 1.807) is 0 Å². The first-order valence-electron chi connectivity index (χ1n) is 7.06. The van der Waals surface area contributed by atoms with Gasteiger partial charge in [0.05, 0.1) is 13.2 Å². The Labute approximate surface area is 107 Å². The van der Waals surface area contributed by atoms with Crippen LogP contribution in [0.5, 0.6) is 0 Å². The Hall–Kier alpha value is -1.15. The molecule has 0 radical (unpaired) electrons. The van der Waals surface area contributed by atoms with Crippen molar-refractivity contribution in [3.05, 3.63) is 34.9 Å². The normalized spacial score (nSPS) is 22.3. The monoisotopic (exact) mass is 242 g/mol. The van der Waals surface area contributed by atoms with Gasteiger partial charge in [0, 0.05) is 11.5 Å². The fourth-order valence-corrected chi connectivity index (χ4v) is 3.24. The zero-order valence-electron chi connectivity index (χ0n) is 10.5. The van der Waals surface area contributed by atoms with E-state index in [4.69, 9.17) is 4.74 Å². The van der Waals surface area contributed by atoms with Gasteiger partial charge in [0.2, 0.25) is 0 Å². The number of ketones is 1. The molecule has 1 aliphatic heterocycles. The van der Waals surface area contributed by atoms with E-state index in [9.17, 15) is 4.79 Å². The summed E-state index contributed by atoms with van der Waals surface area (Å²) < 4.78 is 5.42. The third-order valence-electron chi connectivity index (χ3n) is 4.57. The number of Topliss-reactive ketones (excluding diaryl/α,β-unsaturated/α-hetero) is 1. The Morgan fingerprint density at radius 1 is 1.06 bits per heavy atom. The molecule has 94 valence electrons. The third-order valence-corrected chi connectivity index (χ3v) is 4.57. The van der Waals surface area contributed by atoms with Gasteiger partial charge in [0.15, 0.2) is 5.78 Å². The maximum atomic E-state index is 12.7. The maximum absolute atomic E-state index is 12.7. The van der Waals surface area contributed by atoms with E-state index in [1.807, 2.05) is 6.07 Å². The number of hydrogen-bond donors (Lipinski definition) is 0. The molecule has 2 nitrogen and oxygen atoms in total. The summed E-state index contributed by atoms with van der Waals surface area (Å²) in [5.74, 6) is 2.10. The van der Waals surface area contributed by atoms with Crippen molar-refractivity contribution in [3.63, 3.8) is 0 Å². The highest BCUT2D eigenvalue weighted by Crippen LogP contribution is 2.50. The molecule has 0 saturated heterocycles. The first-order chi connectivity index (χ1) is 8.83. The van der Waals surface area contributed by atoms with Crippen LogP contribution in [0, 0.1) is 17.8 Å². The summed E-state index contributed by atoms with van der Waals surface area (Å²) in [5.41, 5.74) is 3.38. The Balaban J connectivity index is 1.63. The van der Waals surface area contributed by atoms with Gasteiger partial charge in [-0.2, -0.15) is 0 Å². The first kappa shape index (κ1) is 10.7. The lowest BCUT2D eigenvalue weighted by atomic mass is 9.88. The molecule has 0 N–H and O–H groups in total. The maximum Gasteiger partial charge on any atom is 0.166 e. The topological polar surface area (TPSA) is 26.3 Å². The van der Waals surface area contributed by atoms with Gasteiger partial charge in [-0.05, 0) is 54.7 Å². The lowest BCUT2D eigenvalue weighted by Crippen LogP contribution is -2.19. The second kappa shape index (κ2) is 3.92. The summed E-state index contributed by atoms with van der Waals surface area (Å²) >= 11 is 0. The second-order valence-electron chi connectivity index (χ2n) is 6.04. The molecule has 0 bridgehead atoms. The van der Waals surface area contributed by atoms with Gasteiger partial charge in [-0.1, -0.05) is 12.1 Å². The zero-order chi connectivity index (χ0) is 12.1. The quantitative estimate of drug-likeness (QED) is 0.757. The summed E-state index contributed by atoms with van der Waals surface area (Å²) in [6.07, 6.45) is 5.06. The van der Waals surface area contributed by atoms with Gasteiger partial charge in [-0.25, -0.2) is 0 Å². The fourth-order valence-electron chi connectivity index (χ4n) is 3.24. The van der Waals surface area contributed by atoms with E-state index in [-0.39, 0.29) is 0 Å². The van der Waals surface area contributed by atoms with Crippen LogP contribution < -0.4 is 0 Å². The Morgan fingerprint density at radius 2 is 1.72 bits per heavy atom. The average molecular weight is 242 g/mol. The number of ether oxygens (including phenoxy) is 1. The molecule has 1 aromatic carbocycles. The van der Waals surface area contributed by atoms with Gasteiger partial charge >= 0.3 is 0 Å². The van der Waals surface area contributed by atoms with Crippen molar-refractivity contribution < 1.29 is 9.53 Å². The minimum Gasteiger partial charge on any atom is -0.372 e. The predicted octanol–water partition coefficient (Wildman–Crippen LogP) is 3.34. The summed E-state index contributed by atoms with van der Waals surface area (Å²) in [7, 11) is 0. The van der Waals surface area contributed by atoms with Gasteiger partial charge in [-0.3, -0.25) is 4.79 Å². The molecule has 2 fully saturated rings. The summed E-state index contributed by atoms with van der Waals surface area (Å²) in [6, 6.07) is 6.16. The molecule has 0 spiro atoms. The van der Waals surface area contributed by atoms with Crippen molar-refractivity contribution in [2.24, 2.45) is 17.8 Å². The van der Waals surface area contributed by atoms with Crippen molar-refractivity contribution in [1.29, 1.82) is 0 Å². The minimum atomic E-state index is 0.324. The minimum absolute atomic E-state index is 0.324. The average Bonchev–Trinajstić information content (AvgIpc) is 3.30. The van der Waals surface area contributed by atoms with E-state index in [2.05, 4.69) is 12.1 Å². The molecular formula is C16H18O2. The van der Waals surface area contributed by atoms with Crippen LogP contribution in [0.2, 0.25) is 0 Å². The molecule has 1 heterocycles. The summed E-state index contributed by atoms with van der Waals surface area (Å²) in [4.78, 5) is 12.7. The summed E-state index contributed by atoms with van der Waals surface area (Å²) in [6.45, 7) is 1.38. The smallest absolute Gasteiger partial charge is 0.166 e. The van der Waals surface area contributed by atoms with Crippen LogP contribution in [0.15, 0.2) is 18.2 Å². The Morgan fingerprint density at radius 3 is 2.39 bits per heavy atom. The van der Waals surface area contributed by atoms with Crippen LogP contribution in [0.25, 0.3) is 0 Å². The van der Waals surface area contributed by atoms with E-state index in [0.29, 0.717) is 36.8 Å². The number of hydrogen-bond acceptors (Lipinski definition) is 2. The highest BCUT2D eigenvalue weighted by Gasteiger charge is 2.45. The van der Waals surface area contributed by atoms with E-state index >= 15 is 0 Å². The molecule has 2 saturated carbocycles. The van der Waals surface area contributed by atoms with Crippen molar-refractivity contribution in [2.45, 2.75) is 38.9 Å². The lowest BCUT2D eigenvalue weighted by molar-refractivity contribution is 0.0886. The summed E-state index contributed by atoms with van der Waals surface area (Å²) in [5, 5.41) is 0. The molecule has 2 heteroatoms. The van der Waals surface area contributed by atoms with Crippen LogP contribution in [0.1, 0.15) is 47.2 Å². The highest BCUT2D eigenvalue weighted by atomic mass is 16.5. The van der Waals surface area contributed by atoms with Gasteiger partial charge in [0.1, 0.15) is 0 Å². The number of fused-ring (bicyclic) bond motifs is 1. The van der Waals surface area contributed by atoms with Crippen molar-refractivity contribution >= 4 is 5.78 Å². The van der Waals surface area contributed by atoms with Crippen molar-refractivity contribution in [2.75, 3.05) is 0 Å². The number of rotatable bonds is 4. The zero-order valence-corrected chi connectivity index (χ0v) is 10.5. The molecular weight excluding hydrogens is 224 g/mol. The van der Waals surface area contributed by atoms with E-state index in [1.165, 1.54) is 36.8 Å². The molecule has 2 aliphatic carbocycles. The standard InChI is InChI=1S/C16H18O2/c17-16(15(10-1-2-10)11-3-4-11)12-5-6-13-8-18-9-14(13)7-12/h5-7,10-11,15H,1-4,8-9H2. The number of carbonyl (C=O) groups is 1. The molecule has 3 aliphatic rings. The largest absolute Gasteiger partial charge is 0.372 e. The molecule has 4 rings (SSSR count). The SMILES string of the molecule is O=C(c1ccc2c(c1)COC2)C(C1CC1)C1CC1. The highest BCUT2D eigenvalue weighted by molar-refractivity contribution is 5.98. The van der Waals surface area contributed by atoms with Gasteiger partial charge < -0.3 is 4.74 Å². The first-order valence-corrected chi connectivity index (χ1v) is 7.06. The number of carbonyl (C=O) groups excluding carboxylic acids is 1. The molecule has 1 aromatic rings. The molecule has 0 unspecified atom stereocenters. The Bertz CT molecular complexity index is 486. The molecule has 0 aromatic heterocycles. The van der Waals surface area contributed by atoms with Crippen LogP contribution in [0.3, 0.4) is 0 Å².